The van der Waals surface area contributed by atoms with Gasteiger partial charge in [-0.25, -0.2) is 0 Å². The molecule has 1 saturated carbocycles. The van der Waals surface area contributed by atoms with Gasteiger partial charge in [0.05, 0.1) is 11.8 Å². The lowest BCUT2D eigenvalue weighted by atomic mass is 9.82. The Bertz CT molecular complexity index is 393. The number of hydrogen-bond donors (Lipinski definition) is 3. The van der Waals surface area contributed by atoms with Gasteiger partial charge >= 0.3 is 5.97 Å². The van der Waals surface area contributed by atoms with Crippen molar-refractivity contribution in [3.63, 3.8) is 0 Å². The standard InChI is InChI=1S/C14H21NO4/c1-2-10(5-6-16)15-13(17)11-8-3-4-9(7-8)12(11)14(18)19/h3-4,8-12,16H,2,5-7H2,1H3,(H,15,17)(H,18,19). The average Bonchev–Trinajstić information content (AvgIpc) is 2.97. The fraction of sp³-hybridized carbons (Fsp3) is 0.714. The van der Waals surface area contributed by atoms with Gasteiger partial charge in [0.25, 0.3) is 0 Å². The molecule has 19 heavy (non-hydrogen) atoms. The van der Waals surface area contributed by atoms with Gasteiger partial charge in [-0.15, -0.1) is 0 Å². The van der Waals surface area contributed by atoms with E-state index in [4.69, 9.17) is 5.11 Å². The Hall–Kier alpha value is -1.36. The molecule has 0 saturated heterocycles. The van der Waals surface area contributed by atoms with Crippen LogP contribution in [0, 0.1) is 23.7 Å². The van der Waals surface area contributed by atoms with Crippen LogP contribution >= 0.6 is 0 Å². The number of fused-ring (bicyclic) bond motifs is 2. The number of carboxylic acids is 1. The van der Waals surface area contributed by atoms with Crippen LogP contribution in [-0.4, -0.2) is 34.7 Å². The van der Waals surface area contributed by atoms with Crippen molar-refractivity contribution in [2.24, 2.45) is 23.7 Å². The van der Waals surface area contributed by atoms with E-state index in [1.54, 1.807) is 0 Å². The van der Waals surface area contributed by atoms with Gasteiger partial charge in [-0.05, 0) is 31.1 Å². The van der Waals surface area contributed by atoms with Gasteiger partial charge in [-0.1, -0.05) is 19.1 Å². The fourth-order valence-corrected chi connectivity index (χ4v) is 3.35. The number of aliphatic hydroxyl groups is 1. The van der Waals surface area contributed by atoms with Gasteiger partial charge in [-0.3, -0.25) is 9.59 Å². The molecule has 5 heteroatoms. The summed E-state index contributed by atoms with van der Waals surface area (Å²) in [5.41, 5.74) is 0. The molecule has 106 valence electrons. The Balaban J connectivity index is 2.05. The molecule has 3 N–H and O–H groups in total. The van der Waals surface area contributed by atoms with E-state index >= 15 is 0 Å². The van der Waals surface area contributed by atoms with Crippen LogP contribution < -0.4 is 5.32 Å². The Labute approximate surface area is 112 Å². The third-order valence-corrected chi connectivity index (χ3v) is 4.36. The topological polar surface area (TPSA) is 86.6 Å². The second-order valence-corrected chi connectivity index (χ2v) is 5.46. The minimum Gasteiger partial charge on any atom is -0.481 e. The number of aliphatic carboxylic acids is 1. The summed E-state index contributed by atoms with van der Waals surface area (Å²) in [5, 5.41) is 21.1. The van der Waals surface area contributed by atoms with Crippen LogP contribution in [0.25, 0.3) is 0 Å². The molecule has 0 heterocycles. The van der Waals surface area contributed by atoms with E-state index in [1.165, 1.54) is 0 Å². The summed E-state index contributed by atoms with van der Waals surface area (Å²) < 4.78 is 0. The number of nitrogens with one attached hydrogen (secondary N) is 1. The van der Waals surface area contributed by atoms with Crippen LogP contribution in [0.3, 0.4) is 0 Å². The molecule has 0 aromatic heterocycles. The number of allylic oxidation sites excluding steroid dienone is 2. The predicted octanol–water partition coefficient (Wildman–Crippen LogP) is 0.787. The maximum atomic E-state index is 12.3. The maximum Gasteiger partial charge on any atom is 0.307 e. The maximum absolute atomic E-state index is 12.3. The summed E-state index contributed by atoms with van der Waals surface area (Å²) in [7, 11) is 0. The second-order valence-electron chi connectivity index (χ2n) is 5.46. The van der Waals surface area contributed by atoms with Gasteiger partial charge in [0.2, 0.25) is 5.91 Å². The molecule has 2 aliphatic rings. The highest BCUT2D eigenvalue weighted by molar-refractivity contribution is 5.87. The van der Waals surface area contributed by atoms with Crippen molar-refractivity contribution in [2.75, 3.05) is 6.61 Å². The van der Waals surface area contributed by atoms with Crippen LogP contribution in [0.1, 0.15) is 26.2 Å². The minimum atomic E-state index is -0.882. The summed E-state index contributed by atoms with van der Waals surface area (Å²) in [5.74, 6) is -2.06. The highest BCUT2D eigenvalue weighted by Gasteiger charge is 2.51. The first-order valence-electron chi connectivity index (χ1n) is 6.90. The molecule has 1 fully saturated rings. The van der Waals surface area contributed by atoms with E-state index in [9.17, 15) is 14.7 Å². The van der Waals surface area contributed by atoms with E-state index in [0.29, 0.717) is 6.42 Å². The SMILES string of the molecule is CCC(CCO)NC(=O)C1C2C=CC(C2)C1C(=O)O. The average molecular weight is 267 g/mol. The predicted molar refractivity (Wildman–Crippen MR) is 69.3 cm³/mol. The summed E-state index contributed by atoms with van der Waals surface area (Å²) in [6.45, 7) is 1.97. The lowest BCUT2D eigenvalue weighted by molar-refractivity contribution is -0.148. The first-order valence-corrected chi connectivity index (χ1v) is 6.90. The van der Waals surface area contributed by atoms with Gasteiger partial charge in [0, 0.05) is 12.6 Å². The normalized spacial score (nSPS) is 33.4. The molecule has 0 aromatic rings. The zero-order chi connectivity index (χ0) is 14.0. The molecular weight excluding hydrogens is 246 g/mol. The highest BCUT2D eigenvalue weighted by Crippen LogP contribution is 2.48. The number of aliphatic hydroxyl groups excluding tert-OH is 1. The molecule has 5 atom stereocenters. The smallest absolute Gasteiger partial charge is 0.307 e. The van der Waals surface area contributed by atoms with Crippen LogP contribution in [-0.2, 0) is 9.59 Å². The van der Waals surface area contributed by atoms with Crippen molar-refractivity contribution in [1.82, 2.24) is 5.32 Å². The van der Waals surface area contributed by atoms with Crippen molar-refractivity contribution < 1.29 is 19.8 Å². The highest BCUT2D eigenvalue weighted by atomic mass is 16.4. The molecule has 0 radical (unpaired) electrons. The molecule has 2 rings (SSSR count). The molecular formula is C14H21NO4. The lowest BCUT2D eigenvalue weighted by Crippen LogP contribution is -2.44. The summed E-state index contributed by atoms with van der Waals surface area (Å²) in [6, 6.07) is -0.0740. The van der Waals surface area contributed by atoms with Crippen molar-refractivity contribution in [3.8, 4) is 0 Å². The van der Waals surface area contributed by atoms with Gasteiger partial charge < -0.3 is 15.5 Å². The van der Waals surface area contributed by atoms with Crippen molar-refractivity contribution in [1.29, 1.82) is 0 Å². The summed E-state index contributed by atoms with van der Waals surface area (Å²) in [6.07, 6.45) is 5.92. The number of hydrogen-bond acceptors (Lipinski definition) is 3. The largest absolute Gasteiger partial charge is 0.481 e. The van der Waals surface area contributed by atoms with Crippen LogP contribution in [0.2, 0.25) is 0 Å². The van der Waals surface area contributed by atoms with Crippen LogP contribution in [0.5, 0.6) is 0 Å². The number of carbonyl (C=O) groups is 2. The zero-order valence-corrected chi connectivity index (χ0v) is 11.1. The monoisotopic (exact) mass is 267 g/mol. The van der Waals surface area contributed by atoms with Crippen LogP contribution in [0.4, 0.5) is 0 Å². The van der Waals surface area contributed by atoms with E-state index < -0.39 is 17.8 Å². The lowest BCUT2D eigenvalue weighted by Gasteiger charge is -2.26. The molecule has 2 aliphatic carbocycles. The van der Waals surface area contributed by atoms with E-state index in [2.05, 4.69) is 5.32 Å². The van der Waals surface area contributed by atoms with Gasteiger partial charge in [0.1, 0.15) is 0 Å². The van der Waals surface area contributed by atoms with E-state index in [-0.39, 0.29) is 30.4 Å². The van der Waals surface area contributed by atoms with Gasteiger partial charge in [0.15, 0.2) is 0 Å². The molecule has 0 aliphatic heterocycles. The number of carboxylic acid groups (broad SMARTS) is 1. The fourth-order valence-electron chi connectivity index (χ4n) is 3.35. The summed E-state index contributed by atoms with van der Waals surface area (Å²) >= 11 is 0. The van der Waals surface area contributed by atoms with Gasteiger partial charge in [-0.2, -0.15) is 0 Å². The Kier molecular flexibility index (Phi) is 4.24. The number of rotatable bonds is 6. The molecule has 1 amide bonds. The zero-order valence-electron chi connectivity index (χ0n) is 11.1. The van der Waals surface area contributed by atoms with E-state index in [0.717, 1.165) is 12.8 Å². The van der Waals surface area contributed by atoms with Crippen molar-refractivity contribution in [2.45, 2.75) is 32.2 Å². The molecule has 5 unspecified atom stereocenters. The number of amides is 1. The Morgan fingerprint density at radius 1 is 1.32 bits per heavy atom. The molecule has 2 bridgehead atoms. The quantitative estimate of drug-likeness (QED) is 0.621. The second kappa shape index (κ2) is 5.74. The molecule has 0 spiro atoms. The molecule has 0 aromatic carbocycles. The Morgan fingerprint density at radius 3 is 2.47 bits per heavy atom. The van der Waals surface area contributed by atoms with Crippen molar-refractivity contribution in [3.05, 3.63) is 12.2 Å². The summed E-state index contributed by atoms with van der Waals surface area (Å²) in [4.78, 5) is 23.6. The van der Waals surface area contributed by atoms with Crippen LogP contribution in [0.15, 0.2) is 12.2 Å². The first kappa shape index (κ1) is 14.1. The third-order valence-electron chi connectivity index (χ3n) is 4.36. The molecule has 5 nitrogen and oxygen atoms in total. The third kappa shape index (κ3) is 2.66. The van der Waals surface area contributed by atoms with E-state index in [1.807, 2.05) is 19.1 Å². The number of carbonyl (C=O) groups excluding carboxylic acids is 1. The minimum absolute atomic E-state index is 0.00355. The van der Waals surface area contributed by atoms with Crippen molar-refractivity contribution >= 4 is 11.9 Å². The first-order chi connectivity index (χ1) is 9.08. The Morgan fingerprint density at radius 2 is 1.95 bits per heavy atom.